The third kappa shape index (κ3) is 3.01. The Hall–Kier alpha value is -1.27. The van der Waals surface area contributed by atoms with Crippen molar-refractivity contribution in [1.82, 2.24) is 4.31 Å². The van der Waals surface area contributed by atoms with Crippen LogP contribution in [0.25, 0.3) is 0 Å². The number of piperidine rings is 1. The maximum atomic E-state index is 12.4. The van der Waals surface area contributed by atoms with Gasteiger partial charge in [0.2, 0.25) is 0 Å². The Balaban J connectivity index is 2.26. The number of benzene rings is 1. The lowest BCUT2D eigenvalue weighted by atomic mass is 10.1. The number of para-hydroxylation sites is 1. The molecule has 0 bridgehead atoms. The second-order valence-corrected chi connectivity index (χ2v) is 6.73. The smallest absolute Gasteiger partial charge is 0.301 e. The predicted molar refractivity (Wildman–Crippen MR) is 78.2 cm³/mol. The molecule has 0 aromatic heterocycles. The molecule has 1 heterocycles. The molecule has 1 fully saturated rings. The lowest BCUT2D eigenvalue weighted by Crippen LogP contribution is -2.45. The predicted octanol–water partition coefficient (Wildman–Crippen LogP) is 2.11. The average molecular weight is 283 g/mol. The number of rotatable bonds is 3. The zero-order valence-electron chi connectivity index (χ0n) is 11.4. The highest BCUT2D eigenvalue weighted by Gasteiger charge is 2.30. The lowest BCUT2D eigenvalue weighted by Gasteiger charge is -2.32. The molecule has 1 aliphatic rings. The monoisotopic (exact) mass is 283 g/mol. The van der Waals surface area contributed by atoms with Crippen LogP contribution in [0, 0.1) is 6.92 Å². The molecule has 0 radical (unpaired) electrons. The van der Waals surface area contributed by atoms with Gasteiger partial charge in [0.25, 0.3) is 0 Å². The van der Waals surface area contributed by atoms with Crippen LogP contribution in [0.1, 0.15) is 31.7 Å². The molecule has 5 nitrogen and oxygen atoms in total. The fourth-order valence-electron chi connectivity index (χ4n) is 2.45. The van der Waals surface area contributed by atoms with Gasteiger partial charge in [-0.2, -0.15) is 12.7 Å². The summed E-state index contributed by atoms with van der Waals surface area (Å²) >= 11 is 0. The number of hydrogen-bond acceptors (Lipinski definition) is 3. The van der Waals surface area contributed by atoms with Crippen molar-refractivity contribution < 1.29 is 8.42 Å². The Morgan fingerprint density at radius 1 is 1.37 bits per heavy atom. The van der Waals surface area contributed by atoms with E-state index in [1.807, 2.05) is 26.0 Å². The van der Waals surface area contributed by atoms with E-state index in [1.165, 1.54) is 4.31 Å². The Kier molecular flexibility index (Phi) is 4.01. The van der Waals surface area contributed by atoms with Gasteiger partial charge in [-0.3, -0.25) is 4.72 Å². The summed E-state index contributed by atoms with van der Waals surface area (Å²) in [6.07, 6.45) is 2.90. The van der Waals surface area contributed by atoms with E-state index in [0.29, 0.717) is 17.9 Å². The Morgan fingerprint density at radius 2 is 2.11 bits per heavy atom. The fraction of sp³-hybridized carbons (Fsp3) is 0.538. The first-order valence-corrected chi connectivity index (χ1v) is 8.00. The molecular weight excluding hydrogens is 262 g/mol. The van der Waals surface area contributed by atoms with E-state index in [2.05, 4.69) is 4.72 Å². The van der Waals surface area contributed by atoms with Gasteiger partial charge in [0.15, 0.2) is 0 Å². The van der Waals surface area contributed by atoms with Crippen molar-refractivity contribution in [3.8, 4) is 0 Å². The zero-order valence-corrected chi connectivity index (χ0v) is 12.2. The quantitative estimate of drug-likeness (QED) is 0.834. The molecule has 106 valence electrons. The van der Waals surface area contributed by atoms with Crippen LogP contribution in [0.3, 0.4) is 0 Å². The molecule has 0 saturated carbocycles. The van der Waals surface area contributed by atoms with Crippen LogP contribution < -0.4 is 10.5 Å². The minimum absolute atomic E-state index is 0.0384. The summed E-state index contributed by atoms with van der Waals surface area (Å²) in [4.78, 5) is 0. The molecule has 19 heavy (non-hydrogen) atoms. The average Bonchev–Trinajstić information content (AvgIpc) is 2.34. The topological polar surface area (TPSA) is 75.4 Å². The number of nitrogens with two attached hydrogens (primary N) is 1. The first-order valence-electron chi connectivity index (χ1n) is 6.56. The maximum absolute atomic E-state index is 12.4. The van der Waals surface area contributed by atoms with E-state index < -0.39 is 10.2 Å². The molecule has 1 atom stereocenters. The van der Waals surface area contributed by atoms with Crippen LogP contribution in [0.2, 0.25) is 0 Å². The first kappa shape index (κ1) is 14.1. The number of nitrogens with zero attached hydrogens (tertiary/aromatic N) is 1. The van der Waals surface area contributed by atoms with Crippen molar-refractivity contribution in [3.63, 3.8) is 0 Å². The van der Waals surface area contributed by atoms with Gasteiger partial charge in [0.05, 0.1) is 11.4 Å². The van der Waals surface area contributed by atoms with Crippen molar-refractivity contribution in [1.29, 1.82) is 0 Å². The SMILES string of the molecule is Cc1cccc(N)c1NS(=O)(=O)N1CCCCC1C. The lowest BCUT2D eigenvalue weighted by molar-refractivity contribution is 0.270. The highest BCUT2D eigenvalue weighted by molar-refractivity contribution is 7.90. The molecule has 0 amide bonds. The van der Waals surface area contributed by atoms with Gasteiger partial charge < -0.3 is 5.73 Å². The third-order valence-electron chi connectivity index (χ3n) is 3.59. The van der Waals surface area contributed by atoms with E-state index in [4.69, 9.17) is 5.73 Å². The van der Waals surface area contributed by atoms with E-state index in [0.717, 1.165) is 24.8 Å². The maximum Gasteiger partial charge on any atom is 0.301 e. The van der Waals surface area contributed by atoms with Gasteiger partial charge in [0, 0.05) is 12.6 Å². The highest BCUT2D eigenvalue weighted by Crippen LogP contribution is 2.27. The molecule has 1 aliphatic heterocycles. The van der Waals surface area contributed by atoms with Crippen LogP contribution in [0.15, 0.2) is 18.2 Å². The summed E-state index contributed by atoms with van der Waals surface area (Å²) in [7, 11) is -3.53. The first-order chi connectivity index (χ1) is 8.92. The normalized spacial score (nSPS) is 21.3. The summed E-state index contributed by atoms with van der Waals surface area (Å²) in [6.45, 7) is 4.36. The van der Waals surface area contributed by atoms with E-state index in [9.17, 15) is 8.42 Å². The number of hydrogen-bond donors (Lipinski definition) is 2. The molecule has 6 heteroatoms. The summed E-state index contributed by atoms with van der Waals surface area (Å²) in [6, 6.07) is 5.39. The molecule has 1 unspecified atom stereocenters. The standard InChI is InChI=1S/C13H21N3O2S/c1-10-6-5-8-12(14)13(10)15-19(17,18)16-9-4-3-7-11(16)2/h5-6,8,11,15H,3-4,7,9,14H2,1-2H3. The van der Waals surface area contributed by atoms with Crippen molar-refractivity contribution in [2.45, 2.75) is 39.2 Å². The van der Waals surface area contributed by atoms with Crippen molar-refractivity contribution >= 4 is 21.6 Å². The van der Waals surface area contributed by atoms with Gasteiger partial charge in [-0.1, -0.05) is 18.6 Å². The third-order valence-corrected chi connectivity index (χ3v) is 5.21. The summed E-state index contributed by atoms with van der Waals surface area (Å²) in [5, 5.41) is 0. The second kappa shape index (κ2) is 5.38. The summed E-state index contributed by atoms with van der Waals surface area (Å²) < 4.78 is 29.0. The fourth-order valence-corrected chi connectivity index (χ4v) is 4.05. The minimum Gasteiger partial charge on any atom is -0.397 e. The molecule has 1 aromatic rings. The summed E-state index contributed by atoms with van der Waals surface area (Å²) in [5.41, 5.74) is 7.61. The van der Waals surface area contributed by atoms with Crippen LogP contribution in [-0.2, 0) is 10.2 Å². The van der Waals surface area contributed by atoms with E-state index in [1.54, 1.807) is 6.07 Å². The van der Waals surface area contributed by atoms with Crippen LogP contribution in [0.5, 0.6) is 0 Å². The van der Waals surface area contributed by atoms with Gasteiger partial charge in [0.1, 0.15) is 0 Å². The Morgan fingerprint density at radius 3 is 2.74 bits per heavy atom. The molecule has 0 spiro atoms. The van der Waals surface area contributed by atoms with Crippen molar-refractivity contribution in [3.05, 3.63) is 23.8 Å². The number of nitrogens with one attached hydrogen (secondary N) is 1. The number of anilines is 2. The minimum atomic E-state index is -3.53. The molecule has 3 N–H and O–H groups in total. The molecule has 2 rings (SSSR count). The molecule has 1 aromatic carbocycles. The molecule has 1 saturated heterocycles. The Labute approximate surface area is 115 Å². The van der Waals surface area contributed by atoms with Crippen LogP contribution >= 0.6 is 0 Å². The summed E-state index contributed by atoms with van der Waals surface area (Å²) in [5.74, 6) is 0. The largest absolute Gasteiger partial charge is 0.397 e. The number of aryl methyl sites for hydroxylation is 1. The second-order valence-electron chi connectivity index (χ2n) is 5.10. The molecular formula is C13H21N3O2S. The Bertz CT molecular complexity index is 537. The van der Waals surface area contributed by atoms with Crippen LogP contribution in [-0.4, -0.2) is 25.3 Å². The number of nitrogen functional groups attached to an aromatic ring is 1. The van der Waals surface area contributed by atoms with E-state index in [-0.39, 0.29) is 6.04 Å². The van der Waals surface area contributed by atoms with Gasteiger partial charge in [-0.15, -0.1) is 0 Å². The van der Waals surface area contributed by atoms with Crippen molar-refractivity contribution in [2.75, 3.05) is 17.0 Å². The molecule has 0 aliphatic carbocycles. The zero-order chi connectivity index (χ0) is 14.0. The van der Waals surface area contributed by atoms with Crippen LogP contribution in [0.4, 0.5) is 11.4 Å². The van der Waals surface area contributed by atoms with Crippen molar-refractivity contribution in [2.24, 2.45) is 0 Å². The van der Waals surface area contributed by atoms with E-state index >= 15 is 0 Å². The van der Waals surface area contributed by atoms with Gasteiger partial charge >= 0.3 is 10.2 Å². The van der Waals surface area contributed by atoms with Gasteiger partial charge in [-0.05, 0) is 38.3 Å². The highest BCUT2D eigenvalue weighted by atomic mass is 32.2. The van der Waals surface area contributed by atoms with Gasteiger partial charge in [-0.25, -0.2) is 0 Å².